The second-order valence-corrected chi connectivity index (χ2v) is 3.98. The third-order valence-corrected chi connectivity index (χ3v) is 2.86. The minimum atomic E-state index is -3.01. The predicted octanol–water partition coefficient (Wildman–Crippen LogP) is 2.20. The van der Waals surface area contributed by atoms with E-state index in [-0.39, 0.29) is 27.7 Å². The molecule has 5 nitrogen and oxygen atoms in total. The molecule has 0 saturated heterocycles. The van der Waals surface area contributed by atoms with Crippen LogP contribution in [0.25, 0.3) is 10.9 Å². The van der Waals surface area contributed by atoms with Crippen molar-refractivity contribution in [2.75, 3.05) is 7.11 Å². The molecule has 0 bridgehead atoms. The van der Waals surface area contributed by atoms with Gasteiger partial charge in [0.15, 0.2) is 11.5 Å². The van der Waals surface area contributed by atoms with E-state index < -0.39 is 12.2 Å². The van der Waals surface area contributed by atoms with Crippen molar-refractivity contribution in [1.29, 1.82) is 0 Å². The fourth-order valence-corrected chi connectivity index (χ4v) is 1.77. The Balaban J connectivity index is 2.74. The topological polar surface area (TPSA) is 53.4 Å². The number of ether oxygens (including phenoxy) is 2. The van der Waals surface area contributed by atoms with Crippen molar-refractivity contribution in [1.82, 2.24) is 9.55 Å². The first kappa shape index (κ1) is 13.5. The smallest absolute Gasteiger partial charge is 0.387 e. The molecule has 0 aliphatic rings. The van der Waals surface area contributed by atoms with Crippen molar-refractivity contribution in [3.63, 3.8) is 0 Å². The summed E-state index contributed by atoms with van der Waals surface area (Å²) in [5.41, 5.74) is -0.249. The molecule has 2 aromatic rings. The number of alkyl halides is 2. The fraction of sp³-hybridized carbons (Fsp3) is 0.273. The molecule has 0 N–H and O–H groups in total. The molecule has 0 saturated carbocycles. The molecule has 1 aromatic carbocycles. The summed E-state index contributed by atoms with van der Waals surface area (Å²) >= 11 is 5.76. The molecular weight excluding hydrogens is 282 g/mol. The number of rotatable bonds is 3. The van der Waals surface area contributed by atoms with E-state index in [1.807, 2.05) is 0 Å². The van der Waals surface area contributed by atoms with Gasteiger partial charge in [0.25, 0.3) is 5.56 Å². The van der Waals surface area contributed by atoms with Crippen molar-refractivity contribution < 1.29 is 18.3 Å². The molecule has 0 radical (unpaired) electrons. The summed E-state index contributed by atoms with van der Waals surface area (Å²) < 4.78 is 34.9. The Morgan fingerprint density at radius 3 is 2.63 bits per heavy atom. The molecule has 0 aliphatic carbocycles. The minimum absolute atomic E-state index is 0.0222. The molecule has 1 heterocycles. The van der Waals surface area contributed by atoms with E-state index in [4.69, 9.17) is 16.3 Å². The van der Waals surface area contributed by atoms with E-state index in [2.05, 4.69) is 9.72 Å². The van der Waals surface area contributed by atoms with Gasteiger partial charge in [0.2, 0.25) is 5.28 Å². The molecule has 0 amide bonds. The Morgan fingerprint density at radius 1 is 1.37 bits per heavy atom. The summed E-state index contributed by atoms with van der Waals surface area (Å²) in [4.78, 5) is 15.9. The zero-order valence-corrected chi connectivity index (χ0v) is 10.7. The lowest BCUT2D eigenvalue weighted by molar-refractivity contribution is -0.0511. The van der Waals surface area contributed by atoms with Gasteiger partial charge in [-0.2, -0.15) is 8.78 Å². The monoisotopic (exact) mass is 290 g/mol. The molecule has 1 aromatic heterocycles. The van der Waals surface area contributed by atoms with Crippen molar-refractivity contribution in [3.05, 3.63) is 27.8 Å². The van der Waals surface area contributed by atoms with Crippen molar-refractivity contribution in [3.8, 4) is 11.5 Å². The van der Waals surface area contributed by atoms with Crippen LogP contribution in [0.3, 0.4) is 0 Å². The Labute approximate surface area is 111 Å². The summed E-state index contributed by atoms with van der Waals surface area (Å²) in [7, 11) is 2.74. The summed E-state index contributed by atoms with van der Waals surface area (Å²) in [5, 5.41) is 0.149. The number of nitrogens with zero attached hydrogens (tertiary/aromatic N) is 2. The van der Waals surface area contributed by atoms with Crippen LogP contribution in [0.2, 0.25) is 5.28 Å². The van der Waals surface area contributed by atoms with Crippen molar-refractivity contribution in [2.24, 2.45) is 7.05 Å². The van der Waals surface area contributed by atoms with Gasteiger partial charge in [-0.15, -0.1) is 0 Å². The normalized spacial score (nSPS) is 11.1. The first-order valence-corrected chi connectivity index (χ1v) is 5.51. The lowest BCUT2D eigenvalue weighted by atomic mass is 10.2. The van der Waals surface area contributed by atoms with Crippen molar-refractivity contribution in [2.45, 2.75) is 6.61 Å². The summed E-state index contributed by atoms with van der Waals surface area (Å²) in [6.45, 7) is -3.01. The van der Waals surface area contributed by atoms with Crippen LogP contribution in [0.4, 0.5) is 8.78 Å². The van der Waals surface area contributed by atoms with Gasteiger partial charge in [0.05, 0.1) is 18.0 Å². The maximum atomic E-state index is 12.3. The van der Waals surface area contributed by atoms with Gasteiger partial charge in [-0.3, -0.25) is 9.36 Å². The van der Waals surface area contributed by atoms with Gasteiger partial charge < -0.3 is 9.47 Å². The van der Waals surface area contributed by atoms with E-state index in [9.17, 15) is 13.6 Å². The maximum absolute atomic E-state index is 12.3. The van der Waals surface area contributed by atoms with E-state index in [0.29, 0.717) is 0 Å². The lowest BCUT2D eigenvalue weighted by Crippen LogP contribution is -2.19. The average molecular weight is 291 g/mol. The van der Waals surface area contributed by atoms with Gasteiger partial charge in [-0.1, -0.05) is 0 Å². The second kappa shape index (κ2) is 5.00. The Bertz CT molecular complexity index is 688. The van der Waals surface area contributed by atoms with Crippen LogP contribution in [-0.2, 0) is 7.05 Å². The Morgan fingerprint density at radius 2 is 2.05 bits per heavy atom. The van der Waals surface area contributed by atoms with E-state index >= 15 is 0 Å². The van der Waals surface area contributed by atoms with Gasteiger partial charge in [0.1, 0.15) is 0 Å². The van der Waals surface area contributed by atoms with Crippen LogP contribution >= 0.6 is 11.6 Å². The summed E-state index contributed by atoms with van der Waals surface area (Å²) in [6, 6.07) is 2.48. The van der Waals surface area contributed by atoms with E-state index in [0.717, 1.165) is 4.57 Å². The molecule has 0 fully saturated rings. The molecule has 19 heavy (non-hydrogen) atoms. The second-order valence-electron chi connectivity index (χ2n) is 3.64. The summed E-state index contributed by atoms with van der Waals surface area (Å²) in [5.74, 6) is -0.184. The molecule has 2 rings (SSSR count). The van der Waals surface area contributed by atoms with Crippen molar-refractivity contribution >= 4 is 22.5 Å². The number of aromatic nitrogens is 2. The number of hydrogen-bond acceptors (Lipinski definition) is 4. The van der Waals surface area contributed by atoms with Crippen LogP contribution in [0.5, 0.6) is 11.5 Å². The van der Waals surface area contributed by atoms with Crippen LogP contribution < -0.4 is 15.0 Å². The van der Waals surface area contributed by atoms with Gasteiger partial charge in [-0.25, -0.2) is 4.98 Å². The van der Waals surface area contributed by atoms with Crippen LogP contribution in [-0.4, -0.2) is 23.3 Å². The predicted molar refractivity (Wildman–Crippen MR) is 65.2 cm³/mol. The first-order valence-electron chi connectivity index (χ1n) is 5.13. The highest BCUT2D eigenvalue weighted by molar-refractivity contribution is 6.28. The Kier molecular flexibility index (Phi) is 3.57. The highest BCUT2D eigenvalue weighted by atomic mass is 35.5. The van der Waals surface area contributed by atoms with Gasteiger partial charge in [-0.05, 0) is 17.7 Å². The van der Waals surface area contributed by atoms with Crippen LogP contribution in [0, 0.1) is 0 Å². The lowest BCUT2D eigenvalue weighted by Gasteiger charge is -2.11. The molecule has 0 spiro atoms. The first-order chi connectivity index (χ1) is 8.93. The zero-order valence-electron chi connectivity index (χ0n) is 9.99. The number of halogens is 3. The third-order valence-electron chi connectivity index (χ3n) is 2.52. The average Bonchev–Trinajstić information content (AvgIpc) is 2.35. The number of benzene rings is 1. The van der Waals surface area contributed by atoms with Crippen LogP contribution in [0.15, 0.2) is 16.9 Å². The molecule has 8 heteroatoms. The Hall–Kier alpha value is -1.89. The van der Waals surface area contributed by atoms with Gasteiger partial charge >= 0.3 is 6.61 Å². The van der Waals surface area contributed by atoms with E-state index in [1.54, 1.807) is 0 Å². The fourth-order valence-electron chi connectivity index (χ4n) is 1.60. The highest BCUT2D eigenvalue weighted by Gasteiger charge is 2.15. The standard InChI is InChI=1S/C11H9ClF2N2O3/c1-16-9(17)5-3-7(18-2)8(19-11(13)14)4-6(5)15-10(16)12/h3-4,11H,1-2H3. The zero-order chi connectivity index (χ0) is 14.2. The number of fused-ring (bicyclic) bond motifs is 1. The quantitative estimate of drug-likeness (QED) is 0.813. The maximum Gasteiger partial charge on any atom is 0.387 e. The largest absolute Gasteiger partial charge is 0.493 e. The third kappa shape index (κ3) is 2.46. The SMILES string of the molecule is COc1cc2c(=O)n(C)c(Cl)nc2cc1OC(F)F. The number of methoxy groups -OCH3 is 1. The summed E-state index contributed by atoms with van der Waals surface area (Å²) in [6.07, 6.45) is 0. The molecular formula is C11H9ClF2N2O3. The van der Waals surface area contributed by atoms with Crippen LogP contribution in [0.1, 0.15) is 0 Å². The molecule has 0 unspecified atom stereocenters. The van der Waals surface area contributed by atoms with Gasteiger partial charge in [0, 0.05) is 13.1 Å². The minimum Gasteiger partial charge on any atom is -0.493 e. The molecule has 0 atom stereocenters. The highest BCUT2D eigenvalue weighted by Crippen LogP contribution is 2.31. The molecule has 102 valence electrons. The number of hydrogen-bond donors (Lipinski definition) is 0. The molecule has 0 aliphatic heterocycles. The van der Waals surface area contributed by atoms with E-state index in [1.165, 1.54) is 26.3 Å².